The van der Waals surface area contributed by atoms with Gasteiger partial charge in [-0.3, -0.25) is 0 Å². The van der Waals surface area contributed by atoms with Gasteiger partial charge in [-0.2, -0.15) is 0 Å². The van der Waals surface area contributed by atoms with Crippen molar-refractivity contribution in [3.8, 4) is 22.3 Å². The molecule has 0 aliphatic rings. The fraction of sp³-hybridized carbons (Fsp3) is 0. The normalized spacial score (nSPS) is 11.6. The Morgan fingerprint density at radius 1 is 0.333 bits per heavy atom. The van der Waals surface area contributed by atoms with Gasteiger partial charge in [-0.25, -0.2) is 0 Å². The minimum atomic E-state index is 0.891. The van der Waals surface area contributed by atoms with E-state index in [4.69, 9.17) is 8.83 Å². The van der Waals surface area contributed by atoms with Crippen LogP contribution in [-0.4, -0.2) is 0 Å². The highest BCUT2D eigenvalue weighted by Gasteiger charge is 2.17. The van der Waals surface area contributed by atoms with Crippen molar-refractivity contribution in [1.82, 2.24) is 0 Å². The molecule has 0 unspecified atom stereocenters. The maximum Gasteiger partial charge on any atom is 0.136 e. The first kappa shape index (κ1) is 21.8. The summed E-state index contributed by atoms with van der Waals surface area (Å²) >= 11 is 0. The second-order valence-corrected chi connectivity index (χ2v) is 9.77. The zero-order valence-corrected chi connectivity index (χ0v) is 21.0. The van der Waals surface area contributed by atoms with Gasteiger partial charge in [0.05, 0.1) is 0 Å². The summed E-state index contributed by atoms with van der Waals surface area (Å²) in [4.78, 5) is 0. The molecule has 6 aromatic carbocycles. The Morgan fingerprint density at radius 3 is 1.23 bits per heavy atom. The number of benzene rings is 6. The van der Waals surface area contributed by atoms with Crippen molar-refractivity contribution in [1.29, 1.82) is 0 Å². The molecule has 8 aromatic rings. The van der Waals surface area contributed by atoms with Crippen molar-refractivity contribution < 1.29 is 8.83 Å². The SMILES string of the molecule is c1ccc(-c2cccc3oc4ccccc4c23)c(Nc2ccccc2-c2cccc3oc4ccccc4c23)c1. The molecule has 39 heavy (non-hydrogen) atoms. The fourth-order valence-electron chi connectivity index (χ4n) is 5.80. The van der Waals surface area contributed by atoms with Crippen molar-refractivity contribution in [3.63, 3.8) is 0 Å². The molecule has 0 bridgehead atoms. The van der Waals surface area contributed by atoms with Crippen LogP contribution in [0.2, 0.25) is 0 Å². The van der Waals surface area contributed by atoms with Crippen molar-refractivity contribution in [2.75, 3.05) is 5.32 Å². The average molecular weight is 502 g/mol. The van der Waals surface area contributed by atoms with Gasteiger partial charge in [-0.15, -0.1) is 0 Å². The van der Waals surface area contributed by atoms with Crippen molar-refractivity contribution >= 4 is 55.3 Å². The van der Waals surface area contributed by atoms with E-state index in [0.29, 0.717) is 0 Å². The second-order valence-electron chi connectivity index (χ2n) is 9.77. The standard InChI is InChI=1S/C36H23NO2/c1-5-17-29(23(11-1)25-15-9-21-33-35(25)27-13-3-7-19-31(27)38-33)37-30-18-6-2-12-24(30)26-16-10-22-34-36(26)28-14-4-8-20-32(28)39-34/h1-22,37H. The molecule has 0 saturated heterocycles. The Hall–Kier alpha value is -5.28. The Morgan fingerprint density at radius 2 is 0.718 bits per heavy atom. The van der Waals surface area contributed by atoms with Gasteiger partial charge in [-0.05, 0) is 47.5 Å². The summed E-state index contributed by atoms with van der Waals surface area (Å²) in [5.74, 6) is 0. The van der Waals surface area contributed by atoms with Gasteiger partial charge in [0.15, 0.2) is 0 Å². The summed E-state index contributed by atoms with van der Waals surface area (Å²) in [5.41, 5.74) is 10.2. The van der Waals surface area contributed by atoms with Crippen LogP contribution in [0.3, 0.4) is 0 Å². The van der Waals surface area contributed by atoms with E-state index in [1.54, 1.807) is 0 Å². The maximum absolute atomic E-state index is 6.19. The molecule has 0 radical (unpaired) electrons. The summed E-state index contributed by atoms with van der Waals surface area (Å²) in [6, 6.07) is 46.0. The molecule has 0 amide bonds. The van der Waals surface area contributed by atoms with Gasteiger partial charge in [0.25, 0.3) is 0 Å². The minimum absolute atomic E-state index is 0.891. The van der Waals surface area contributed by atoms with Gasteiger partial charge in [0.1, 0.15) is 22.3 Å². The van der Waals surface area contributed by atoms with E-state index in [2.05, 4.69) is 102 Å². The lowest BCUT2D eigenvalue weighted by molar-refractivity contribution is 0.668. The van der Waals surface area contributed by atoms with E-state index >= 15 is 0 Å². The Bertz CT molecular complexity index is 2010. The first-order chi connectivity index (χ1) is 19.3. The van der Waals surface area contributed by atoms with Crippen LogP contribution in [0.4, 0.5) is 11.4 Å². The third-order valence-electron chi connectivity index (χ3n) is 7.51. The quantitative estimate of drug-likeness (QED) is 0.261. The van der Waals surface area contributed by atoms with E-state index in [1.165, 1.54) is 0 Å². The summed E-state index contributed by atoms with van der Waals surface area (Å²) in [6.07, 6.45) is 0. The minimum Gasteiger partial charge on any atom is -0.456 e. The van der Waals surface area contributed by atoms with Crippen molar-refractivity contribution in [3.05, 3.63) is 133 Å². The van der Waals surface area contributed by atoms with Crippen LogP contribution in [-0.2, 0) is 0 Å². The molecule has 3 nitrogen and oxygen atoms in total. The molecule has 2 aromatic heterocycles. The van der Waals surface area contributed by atoms with Crippen molar-refractivity contribution in [2.45, 2.75) is 0 Å². The van der Waals surface area contributed by atoms with E-state index < -0.39 is 0 Å². The maximum atomic E-state index is 6.19. The van der Waals surface area contributed by atoms with Gasteiger partial charge < -0.3 is 14.2 Å². The smallest absolute Gasteiger partial charge is 0.136 e. The third-order valence-corrected chi connectivity index (χ3v) is 7.51. The molecule has 0 aliphatic heterocycles. The van der Waals surface area contributed by atoms with Crippen LogP contribution >= 0.6 is 0 Å². The molecule has 0 spiro atoms. The topological polar surface area (TPSA) is 38.3 Å². The predicted molar refractivity (Wildman–Crippen MR) is 162 cm³/mol. The number of fused-ring (bicyclic) bond motifs is 6. The highest BCUT2D eigenvalue weighted by atomic mass is 16.3. The van der Waals surface area contributed by atoms with E-state index in [-0.39, 0.29) is 0 Å². The molecule has 8 rings (SSSR count). The number of hydrogen-bond donors (Lipinski definition) is 1. The van der Waals surface area contributed by atoms with Crippen LogP contribution in [0.5, 0.6) is 0 Å². The molecule has 0 aliphatic carbocycles. The zero-order chi connectivity index (χ0) is 25.8. The number of furan rings is 2. The number of hydrogen-bond acceptors (Lipinski definition) is 3. The molecule has 3 heteroatoms. The molecule has 2 heterocycles. The van der Waals surface area contributed by atoms with Gasteiger partial charge in [-0.1, -0.05) is 97.1 Å². The Labute approximate surface area is 224 Å². The summed E-state index contributed by atoms with van der Waals surface area (Å²) < 4.78 is 12.4. The largest absolute Gasteiger partial charge is 0.456 e. The molecule has 1 N–H and O–H groups in total. The van der Waals surface area contributed by atoms with Crippen LogP contribution in [0, 0.1) is 0 Å². The van der Waals surface area contributed by atoms with E-state index in [9.17, 15) is 0 Å². The van der Waals surface area contributed by atoms with Crippen LogP contribution in [0.25, 0.3) is 66.1 Å². The predicted octanol–water partition coefficient (Wildman–Crippen LogP) is 10.6. The fourth-order valence-corrected chi connectivity index (χ4v) is 5.80. The van der Waals surface area contributed by atoms with E-state index in [1.807, 2.05) is 36.4 Å². The van der Waals surface area contributed by atoms with Gasteiger partial charge >= 0.3 is 0 Å². The molecule has 184 valence electrons. The number of para-hydroxylation sites is 4. The lowest BCUT2D eigenvalue weighted by Gasteiger charge is -2.17. The highest BCUT2D eigenvalue weighted by Crippen LogP contribution is 2.43. The van der Waals surface area contributed by atoms with Crippen molar-refractivity contribution in [2.24, 2.45) is 0 Å². The number of rotatable bonds is 4. The summed E-state index contributed by atoms with van der Waals surface area (Å²) in [5, 5.41) is 8.29. The number of nitrogens with one attached hydrogen (secondary N) is 1. The first-order valence-electron chi connectivity index (χ1n) is 13.1. The second kappa shape index (κ2) is 8.64. The lowest BCUT2D eigenvalue weighted by atomic mass is 9.96. The highest BCUT2D eigenvalue weighted by molar-refractivity contribution is 6.15. The molecular weight excluding hydrogens is 478 g/mol. The lowest BCUT2D eigenvalue weighted by Crippen LogP contribution is -1.96. The van der Waals surface area contributed by atoms with Crippen LogP contribution in [0.1, 0.15) is 0 Å². The Kier molecular flexibility index (Phi) is 4.82. The molecule has 0 saturated carbocycles. The van der Waals surface area contributed by atoms with Gasteiger partial charge in [0, 0.05) is 44.0 Å². The molecular formula is C36H23NO2. The Balaban J connectivity index is 1.31. The third kappa shape index (κ3) is 3.44. The van der Waals surface area contributed by atoms with Gasteiger partial charge in [0.2, 0.25) is 0 Å². The first-order valence-corrected chi connectivity index (χ1v) is 13.1. The zero-order valence-electron chi connectivity index (χ0n) is 21.0. The molecule has 0 fully saturated rings. The summed E-state index contributed by atoms with van der Waals surface area (Å²) in [6.45, 7) is 0. The molecule has 0 atom stereocenters. The number of anilines is 2. The monoisotopic (exact) mass is 501 g/mol. The van der Waals surface area contributed by atoms with Crippen LogP contribution < -0.4 is 5.32 Å². The van der Waals surface area contributed by atoms with Crippen LogP contribution in [0.15, 0.2) is 142 Å². The summed E-state index contributed by atoms with van der Waals surface area (Å²) in [7, 11) is 0. The van der Waals surface area contributed by atoms with E-state index in [0.717, 1.165) is 77.5 Å². The average Bonchev–Trinajstić information content (AvgIpc) is 3.56.